The monoisotopic (exact) mass is 328 g/mol. The fourth-order valence-corrected chi connectivity index (χ4v) is 1.71. The molecule has 0 saturated heterocycles. The molecule has 1 atom stereocenters. The van der Waals surface area contributed by atoms with Crippen LogP contribution in [0.15, 0.2) is 22.7 Å². The molecule has 0 unspecified atom stereocenters. The molecule has 102 valence electrons. The third-order valence-electron chi connectivity index (χ3n) is 2.24. The summed E-state index contributed by atoms with van der Waals surface area (Å²) in [4.78, 5) is 33.5. The van der Waals surface area contributed by atoms with Crippen LogP contribution in [0.3, 0.4) is 0 Å². The second kappa shape index (κ2) is 6.33. The Morgan fingerprint density at radius 2 is 2.00 bits per heavy atom. The number of urea groups is 1. The Bertz CT molecular complexity index is 530. The number of hydrogen-bond acceptors (Lipinski definition) is 4. The zero-order chi connectivity index (χ0) is 14.6. The lowest BCUT2D eigenvalue weighted by Crippen LogP contribution is -2.42. The van der Waals surface area contributed by atoms with Crippen LogP contribution in [-0.4, -0.2) is 23.8 Å². The Balaban J connectivity index is 2.90. The van der Waals surface area contributed by atoms with Crippen molar-refractivity contribution in [3.63, 3.8) is 0 Å². The molecule has 1 aromatic carbocycles. The fourth-order valence-electron chi connectivity index (χ4n) is 1.35. The Morgan fingerprint density at radius 3 is 2.53 bits per heavy atom. The number of ether oxygens (including phenoxy) is 1. The number of hydrogen-bond donors (Lipinski definition) is 2. The predicted octanol–water partition coefficient (Wildman–Crippen LogP) is 1.61. The summed E-state index contributed by atoms with van der Waals surface area (Å²) in [6.07, 6.45) is -0.952. The molecule has 0 aliphatic rings. The molecule has 1 rings (SSSR count). The average molecular weight is 329 g/mol. The minimum atomic E-state index is -0.956. The number of imide groups is 1. The molecule has 0 bridgehead atoms. The molecular formula is C12H13BrN2O4. The van der Waals surface area contributed by atoms with E-state index in [1.165, 1.54) is 13.8 Å². The Kier molecular flexibility index (Phi) is 5.05. The normalized spacial score (nSPS) is 11.5. The maximum Gasteiger partial charge on any atom is 0.318 e. The van der Waals surface area contributed by atoms with E-state index in [2.05, 4.69) is 15.9 Å². The van der Waals surface area contributed by atoms with Crippen molar-refractivity contribution in [1.29, 1.82) is 0 Å². The van der Waals surface area contributed by atoms with Gasteiger partial charge >= 0.3 is 6.03 Å². The first-order valence-corrected chi connectivity index (χ1v) is 6.18. The number of rotatable bonds is 4. The number of nitrogens with one attached hydrogen (secondary N) is 1. The number of Topliss-reactive ketones (excluding diaryl/α,β-unsaturated/α-hetero) is 1. The SMILES string of the molecule is CC(=O)c1cc(Br)ccc1O[C@H](C)C(=O)NC(N)=O. The van der Waals surface area contributed by atoms with Crippen LogP contribution in [0.5, 0.6) is 5.75 Å². The van der Waals surface area contributed by atoms with Gasteiger partial charge in [-0.2, -0.15) is 0 Å². The highest BCUT2D eigenvalue weighted by Gasteiger charge is 2.18. The molecule has 0 aliphatic heterocycles. The molecule has 0 saturated carbocycles. The molecule has 7 heteroatoms. The van der Waals surface area contributed by atoms with Gasteiger partial charge in [0.15, 0.2) is 11.9 Å². The van der Waals surface area contributed by atoms with Gasteiger partial charge in [-0.05, 0) is 32.0 Å². The lowest BCUT2D eigenvalue weighted by atomic mass is 10.1. The maximum absolute atomic E-state index is 11.5. The first-order chi connectivity index (χ1) is 8.81. The van der Waals surface area contributed by atoms with E-state index < -0.39 is 18.0 Å². The van der Waals surface area contributed by atoms with Crippen molar-refractivity contribution in [1.82, 2.24) is 5.32 Å². The minimum absolute atomic E-state index is 0.196. The molecular weight excluding hydrogens is 316 g/mol. The number of nitrogens with two attached hydrogens (primary N) is 1. The highest BCUT2D eigenvalue weighted by Crippen LogP contribution is 2.24. The van der Waals surface area contributed by atoms with Gasteiger partial charge in [-0.3, -0.25) is 14.9 Å². The number of ketones is 1. The van der Waals surface area contributed by atoms with E-state index in [9.17, 15) is 14.4 Å². The second-order valence-corrected chi connectivity index (χ2v) is 4.73. The lowest BCUT2D eigenvalue weighted by Gasteiger charge is -2.15. The van der Waals surface area contributed by atoms with E-state index in [-0.39, 0.29) is 11.5 Å². The third kappa shape index (κ3) is 4.36. The number of carbonyl (C=O) groups is 3. The highest BCUT2D eigenvalue weighted by molar-refractivity contribution is 9.10. The summed E-state index contributed by atoms with van der Waals surface area (Å²) in [5.74, 6) is -0.605. The van der Waals surface area contributed by atoms with Gasteiger partial charge in [0.2, 0.25) is 0 Å². The molecule has 0 heterocycles. The van der Waals surface area contributed by atoms with E-state index in [4.69, 9.17) is 10.5 Å². The molecule has 0 aromatic heterocycles. The van der Waals surface area contributed by atoms with Crippen molar-refractivity contribution in [3.8, 4) is 5.75 Å². The van der Waals surface area contributed by atoms with Gasteiger partial charge in [-0.1, -0.05) is 15.9 Å². The van der Waals surface area contributed by atoms with Gasteiger partial charge in [-0.25, -0.2) is 4.79 Å². The quantitative estimate of drug-likeness (QED) is 0.820. The average Bonchev–Trinajstić information content (AvgIpc) is 2.30. The Labute approximate surface area is 118 Å². The summed E-state index contributed by atoms with van der Waals surface area (Å²) in [5, 5.41) is 1.90. The topological polar surface area (TPSA) is 98.5 Å². The molecule has 0 fully saturated rings. The molecule has 19 heavy (non-hydrogen) atoms. The van der Waals surface area contributed by atoms with Crippen LogP contribution in [0.4, 0.5) is 4.79 Å². The molecule has 0 spiro atoms. The van der Waals surface area contributed by atoms with Crippen molar-refractivity contribution in [2.75, 3.05) is 0 Å². The van der Waals surface area contributed by atoms with Gasteiger partial charge in [0.05, 0.1) is 5.56 Å². The molecule has 1 aromatic rings. The van der Waals surface area contributed by atoms with Crippen LogP contribution >= 0.6 is 15.9 Å². The molecule has 6 nitrogen and oxygen atoms in total. The zero-order valence-electron chi connectivity index (χ0n) is 10.4. The summed E-state index contributed by atoms with van der Waals surface area (Å²) < 4.78 is 6.08. The van der Waals surface area contributed by atoms with E-state index >= 15 is 0 Å². The number of halogens is 1. The van der Waals surface area contributed by atoms with E-state index in [0.29, 0.717) is 5.56 Å². The number of primary amides is 1. The fraction of sp³-hybridized carbons (Fsp3) is 0.250. The molecule has 3 N–H and O–H groups in total. The minimum Gasteiger partial charge on any atom is -0.480 e. The number of carbonyl (C=O) groups excluding carboxylic acids is 3. The molecule has 0 aliphatic carbocycles. The van der Waals surface area contributed by atoms with Crippen molar-refractivity contribution >= 4 is 33.7 Å². The summed E-state index contributed by atoms with van der Waals surface area (Å²) in [5.41, 5.74) is 5.18. The van der Waals surface area contributed by atoms with Crippen molar-refractivity contribution in [2.24, 2.45) is 5.73 Å². The van der Waals surface area contributed by atoms with Crippen molar-refractivity contribution < 1.29 is 19.1 Å². The molecule has 3 amide bonds. The van der Waals surface area contributed by atoms with Gasteiger partial charge in [-0.15, -0.1) is 0 Å². The largest absolute Gasteiger partial charge is 0.480 e. The predicted molar refractivity (Wildman–Crippen MR) is 72.0 cm³/mol. The van der Waals surface area contributed by atoms with E-state index in [0.717, 1.165) is 4.47 Å². The Morgan fingerprint density at radius 1 is 1.37 bits per heavy atom. The van der Waals surface area contributed by atoms with E-state index in [1.54, 1.807) is 18.2 Å². The van der Waals surface area contributed by atoms with Crippen LogP contribution < -0.4 is 15.8 Å². The first kappa shape index (κ1) is 15.2. The van der Waals surface area contributed by atoms with Crippen molar-refractivity contribution in [3.05, 3.63) is 28.2 Å². The zero-order valence-corrected chi connectivity index (χ0v) is 12.0. The van der Waals surface area contributed by atoms with Crippen molar-refractivity contribution in [2.45, 2.75) is 20.0 Å². The van der Waals surface area contributed by atoms with Gasteiger partial charge in [0.25, 0.3) is 5.91 Å². The van der Waals surface area contributed by atoms with E-state index in [1.807, 2.05) is 5.32 Å². The van der Waals surface area contributed by atoms with Crippen LogP contribution in [0.1, 0.15) is 24.2 Å². The van der Waals surface area contributed by atoms with Gasteiger partial charge in [0.1, 0.15) is 5.75 Å². The van der Waals surface area contributed by atoms with Crippen LogP contribution in [0.2, 0.25) is 0 Å². The highest BCUT2D eigenvalue weighted by atomic mass is 79.9. The molecule has 0 radical (unpaired) electrons. The second-order valence-electron chi connectivity index (χ2n) is 3.81. The maximum atomic E-state index is 11.5. The van der Waals surface area contributed by atoms with Gasteiger partial charge in [0, 0.05) is 4.47 Å². The number of benzene rings is 1. The number of amides is 3. The summed E-state index contributed by atoms with van der Waals surface area (Å²) in [6.45, 7) is 2.84. The third-order valence-corrected chi connectivity index (χ3v) is 2.73. The standard InChI is InChI=1S/C12H13BrN2O4/c1-6(16)9-5-8(13)3-4-10(9)19-7(2)11(17)15-12(14)18/h3-5,7H,1-2H3,(H3,14,15,17,18)/t7-/m1/s1. The van der Waals surface area contributed by atoms with Crippen LogP contribution in [-0.2, 0) is 4.79 Å². The smallest absolute Gasteiger partial charge is 0.318 e. The summed E-state index contributed by atoms with van der Waals surface area (Å²) in [7, 11) is 0. The van der Waals surface area contributed by atoms with Crippen LogP contribution in [0, 0.1) is 0 Å². The lowest BCUT2D eigenvalue weighted by molar-refractivity contribution is -0.126. The Hall–Kier alpha value is -1.89. The summed E-state index contributed by atoms with van der Waals surface area (Å²) >= 11 is 3.24. The first-order valence-electron chi connectivity index (χ1n) is 5.38. The summed E-state index contributed by atoms with van der Waals surface area (Å²) in [6, 6.07) is 3.88. The van der Waals surface area contributed by atoms with Gasteiger partial charge < -0.3 is 10.5 Å². The van der Waals surface area contributed by atoms with Crippen LogP contribution in [0.25, 0.3) is 0 Å².